The second kappa shape index (κ2) is 11.7. The van der Waals surface area contributed by atoms with Gasteiger partial charge in [0.1, 0.15) is 0 Å². The van der Waals surface area contributed by atoms with Crippen molar-refractivity contribution in [3.63, 3.8) is 0 Å². The zero-order valence-electron chi connectivity index (χ0n) is 22.5. The Labute approximate surface area is 229 Å². The van der Waals surface area contributed by atoms with Gasteiger partial charge in [-0.3, -0.25) is 9.69 Å². The van der Waals surface area contributed by atoms with Crippen LogP contribution < -0.4 is 4.90 Å². The smallest absolute Gasteiger partial charge is 0.260 e. The molecular formula is C29H34N4O3S2. The Morgan fingerprint density at radius 3 is 2.21 bits per heavy atom. The molecule has 0 saturated carbocycles. The van der Waals surface area contributed by atoms with E-state index in [0.717, 1.165) is 34.3 Å². The number of fused-ring (bicyclic) bond motifs is 1. The van der Waals surface area contributed by atoms with Crippen LogP contribution in [-0.4, -0.2) is 62.7 Å². The number of aryl methyl sites for hydroxylation is 2. The Hall–Kier alpha value is -3.11. The standard InChI is InChI=1S/C29H34N4O3S2/c1-21-18-26-27(19-22(21)2)37-29(30-26)33(17-9-16-31(3)4)28(34)24-12-14-25(15-13-24)38(35,36)32(5)20-23-10-7-6-8-11-23/h6-8,10-15,18-19H,9,16-17,20H2,1-5H3. The third kappa shape index (κ3) is 6.30. The molecule has 1 aromatic heterocycles. The highest BCUT2D eigenvalue weighted by atomic mass is 32.2. The molecule has 9 heteroatoms. The third-order valence-electron chi connectivity index (χ3n) is 6.51. The predicted molar refractivity (Wildman–Crippen MR) is 155 cm³/mol. The fourth-order valence-corrected chi connectivity index (χ4v) is 6.37. The summed E-state index contributed by atoms with van der Waals surface area (Å²) in [5.41, 5.74) is 4.55. The number of rotatable bonds is 10. The van der Waals surface area contributed by atoms with E-state index < -0.39 is 10.0 Å². The van der Waals surface area contributed by atoms with E-state index in [1.807, 2.05) is 44.4 Å². The van der Waals surface area contributed by atoms with E-state index in [-0.39, 0.29) is 17.3 Å². The van der Waals surface area contributed by atoms with E-state index in [1.165, 1.54) is 33.3 Å². The summed E-state index contributed by atoms with van der Waals surface area (Å²) in [6.07, 6.45) is 0.781. The summed E-state index contributed by atoms with van der Waals surface area (Å²) in [5.74, 6) is -0.196. The van der Waals surface area contributed by atoms with E-state index in [0.29, 0.717) is 17.2 Å². The number of nitrogens with zero attached hydrogens (tertiary/aromatic N) is 4. The number of sulfonamides is 1. The van der Waals surface area contributed by atoms with Crippen LogP contribution in [-0.2, 0) is 16.6 Å². The van der Waals surface area contributed by atoms with Crippen molar-refractivity contribution in [1.82, 2.24) is 14.2 Å². The summed E-state index contributed by atoms with van der Waals surface area (Å²) >= 11 is 1.50. The molecule has 0 spiro atoms. The lowest BCUT2D eigenvalue weighted by Crippen LogP contribution is -2.33. The van der Waals surface area contributed by atoms with E-state index in [9.17, 15) is 13.2 Å². The highest BCUT2D eigenvalue weighted by Crippen LogP contribution is 2.32. The van der Waals surface area contributed by atoms with Gasteiger partial charge < -0.3 is 4.90 Å². The molecule has 0 aliphatic carbocycles. The van der Waals surface area contributed by atoms with Crippen LogP contribution >= 0.6 is 11.3 Å². The Morgan fingerprint density at radius 1 is 0.895 bits per heavy atom. The van der Waals surface area contributed by atoms with Crippen LogP contribution in [0.1, 0.15) is 33.5 Å². The van der Waals surface area contributed by atoms with Crippen molar-refractivity contribution in [2.24, 2.45) is 0 Å². The van der Waals surface area contributed by atoms with Gasteiger partial charge in [0.25, 0.3) is 5.91 Å². The highest BCUT2D eigenvalue weighted by Gasteiger charge is 2.24. The van der Waals surface area contributed by atoms with Crippen molar-refractivity contribution >= 4 is 42.6 Å². The zero-order valence-corrected chi connectivity index (χ0v) is 24.1. The predicted octanol–water partition coefficient (Wildman–Crippen LogP) is 5.33. The lowest BCUT2D eigenvalue weighted by Gasteiger charge is -2.21. The first kappa shape index (κ1) is 27.9. The molecule has 4 aromatic rings. The lowest BCUT2D eigenvalue weighted by atomic mass is 10.1. The quantitative estimate of drug-likeness (QED) is 0.267. The first-order valence-electron chi connectivity index (χ1n) is 12.5. The van der Waals surface area contributed by atoms with Crippen molar-refractivity contribution in [2.45, 2.75) is 31.7 Å². The van der Waals surface area contributed by atoms with Gasteiger partial charge in [-0.05, 0) is 94.0 Å². The summed E-state index contributed by atoms with van der Waals surface area (Å²) in [5, 5.41) is 0.646. The number of carbonyl (C=O) groups is 1. The van der Waals surface area contributed by atoms with Gasteiger partial charge in [0.15, 0.2) is 5.13 Å². The normalized spacial score (nSPS) is 12.0. The largest absolute Gasteiger partial charge is 0.309 e. The van der Waals surface area contributed by atoms with Gasteiger partial charge in [0.2, 0.25) is 10.0 Å². The molecule has 0 fully saturated rings. The topological polar surface area (TPSA) is 73.8 Å². The molecule has 4 rings (SSSR count). The molecule has 0 radical (unpaired) electrons. The van der Waals surface area contributed by atoms with Gasteiger partial charge in [-0.25, -0.2) is 13.4 Å². The maximum Gasteiger partial charge on any atom is 0.260 e. The van der Waals surface area contributed by atoms with Crippen molar-refractivity contribution in [2.75, 3.05) is 39.1 Å². The molecule has 7 nitrogen and oxygen atoms in total. The van der Waals surface area contributed by atoms with Gasteiger partial charge in [-0.2, -0.15) is 4.31 Å². The summed E-state index contributed by atoms with van der Waals surface area (Å²) in [6.45, 7) is 5.73. The number of hydrogen-bond acceptors (Lipinski definition) is 6. The van der Waals surface area contributed by atoms with E-state index in [1.54, 1.807) is 24.1 Å². The minimum atomic E-state index is -3.71. The van der Waals surface area contributed by atoms with Gasteiger partial charge >= 0.3 is 0 Å². The number of carbonyl (C=O) groups excluding carboxylic acids is 1. The van der Waals surface area contributed by atoms with Gasteiger partial charge in [-0.1, -0.05) is 41.7 Å². The summed E-state index contributed by atoms with van der Waals surface area (Å²) < 4.78 is 28.7. The number of anilines is 1. The number of amides is 1. The maximum absolute atomic E-state index is 13.7. The van der Waals surface area contributed by atoms with Crippen molar-refractivity contribution < 1.29 is 13.2 Å². The Kier molecular flexibility index (Phi) is 8.62. The molecule has 0 N–H and O–H groups in total. The number of hydrogen-bond donors (Lipinski definition) is 0. The number of benzene rings is 3. The van der Waals surface area contributed by atoms with Crippen LogP contribution in [0.4, 0.5) is 5.13 Å². The fourth-order valence-electron chi connectivity index (χ4n) is 4.14. The summed E-state index contributed by atoms with van der Waals surface area (Å²) in [4.78, 5) is 22.4. The average molecular weight is 551 g/mol. The van der Waals surface area contributed by atoms with E-state index >= 15 is 0 Å². The zero-order chi connectivity index (χ0) is 27.4. The first-order chi connectivity index (χ1) is 18.1. The minimum Gasteiger partial charge on any atom is -0.309 e. The fraction of sp³-hybridized carbons (Fsp3) is 0.310. The van der Waals surface area contributed by atoms with Crippen LogP contribution in [0.2, 0.25) is 0 Å². The van der Waals surface area contributed by atoms with E-state index in [2.05, 4.69) is 30.9 Å². The molecule has 1 amide bonds. The van der Waals surface area contributed by atoms with Crippen LogP contribution in [0.25, 0.3) is 10.2 Å². The highest BCUT2D eigenvalue weighted by molar-refractivity contribution is 7.89. The first-order valence-corrected chi connectivity index (χ1v) is 14.8. The molecule has 200 valence electrons. The maximum atomic E-state index is 13.7. The second-order valence-electron chi connectivity index (χ2n) is 9.79. The summed E-state index contributed by atoms with van der Waals surface area (Å²) in [7, 11) is 1.86. The van der Waals surface area contributed by atoms with Crippen molar-refractivity contribution in [3.8, 4) is 0 Å². The molecule has 1 heterocycles. The SMILES string of the molecule is Cc1cc2nc(N(CCCN(C)C)C(=O)c3ccc(S(=O)(=O)N(C)Cc4ccccc4)cc3)sc2cc1C. The van der Waals surface area contributed by atoms with Crippen molar-refractivity contribution in [3.05, 3.63) is 89.0 Å². The monoisotopic (exact) mass is 550 g/mol. The van der Waals surface area contributed by atoms with Gasteiger partial charge in [0, 0.05) is 25.7 Å². The van der Waals surface area contributed by atoms with Gasteiger partial charge in [-0.15, -0.1) is 0 Å². The minimum absolute atomic E-state index is 0.151. The third-order valence-corrected chi connectivity index (χ3v) is 9.37. The van der Waals surface area contributed by atoms with Crippen LogP contribution in [0, 0.1) is 13.8 Å². The molecule has 0 unspecified atom stereocenters. The van der Waals surface area contributed by atoms with Gasteiger partial charge in [0.05, 0.1) is 15.1 Å². The Balaban J connectivity index is 1.59. The van der Waals surface area contributed by atoms with E-state index in [4.69, 9.17) is 4.98 Å². The molecule has 0 aliphatic heterocycles. The molecule has 0 atom stereocenters. The van der Waals surface area contributed by atoms with Crippen LogP contribution in [0.3, 0.4) is 0 Å². The number of aromatic nitrogens is 1. The summed E-state index contributed by atoms with van der Waals surface area (Å²) in [6, 6.07) is 19.8. The lowest BCUT2D eigenvalue weighted by molar-refractivity contribution is 0.0986. The molecule has 0 bridgehead atoms. The molecule has 0 aliphatic rings. The number of thiazole rings is 1. The molecule has 38 heavy (non-hydrogen) atoms. The molecule has 3 aromatic carbocycles. The Morgan fingerprint density at radius 2 is 1.55 bits per heavy atom. The Bertz CT molecular complexity index is 1480. The molecular weight excluding hydrogens is 516 g/mol. The molecule has 0 saturated heterocycles. The van der Waals surface area contributed by atoms with Crippen LogP contribution in [0.15, 0.2) is 71.6 Å². The van der Waals surface area contributed by atoms with Crippen molar-refractivity contribution in [1.29, 1.82) is 0 Å². The average Bonchev–Trinajstić information content (AvgIpc) is 3.29. The van der Waals surface area contributed by atoms with Crippen LogP contribution in [0.5, 0.6) is 0 Å². The second-order valence-corrected chi connectivity index (χ2v) is 12.8.